The SMILES string of the molecule is Cc1cc(S(=O)(=O)N2C[C@@H]3OCCN(Cc4cccnc4)[C@H]3C2)c(C)cc1Cl. The van der Waals surface area contributed by atoms with E-state index in [9.17, 15) is 8.42 Å². The Hall–Kier alpha value is -1.51. The number of sulfonamides is 1. The third-order valence-corrected chi connectivity index (χ3v) is 7.95. The highest BCUT2D eigenvalue weighted by Gasteiger charge is 2.44. The fourth-order valence-electron chi connectivity index (χ4n) is 4.01. The lowest BCUT2D eigenvalue weighted by Crippen LogP contribution is -2.50. The first-order chi connectivity index (χ1) is 13.4. The molecule has 2 aromatic rings. The summed E-state index contributed by atoms with van der Waals surface area (Å²) in [6.07, 6.45) is 3.49. The predicted octanol–water partition coefficient (Wildman–Crippen LogP) is 2.63. The summed E-state index contributed by atoms with van der Waals surface area (Å²) in [5.74, 6) is 0. The van der Waals surface area contributed by atoms with Crippen LogP contribution >= 0.6 is 11.6 Å². The summed E-state index contributed by atoms with van der Waals surface area (Å²) in [5.41, 5.74) is 2.55. The van der Waals surface area contributed by atoms with Crippen LogP contribution in [-0.4, -0.2) is 61.0 Å². The number of rotatable bonds is 4. The lowest BCUT2D eigenvalue weighted by Gasteiger charge is -2.36. The summed E-state index contributed by atoms with van der Waals surface area (Å²) in [6, 6.07) is 7.39. The van der Waals surface area contributed by atoms with E-state index < -0.39 is 10.0 Å². The minimum absolute atomic E-state index is 0.0393. The van der Waals surface area contributed by atoms with Crippen molar-refractivity contribution >= 4 is 21.6 Å². The summed E-state index contributed by atoms with van der Waals surface area (Å²) in [4.78, 5) is 6.81. The van der Waals surface area contributed by atoms with Crippen LogP contribution in [0.2, 0.25) is 5.02 Å². The molecule has 0 saturated carbocycles. The van der Waals surface area contributed by atoms with Gasteiger partial charge in [-0.3, -0.25) is 9.88 Å². The molecule has 6 nitrogen and oxygen atoms in total. The number of morpholine rings is 1. The molecular formula is C20H24ClN3O3S. The van der Waals surface area contributed by atoms with Crippen molar-refractivity contribution in [3.8, 4) is 0 Å². The van der Waals surface area contributed by atoms with E-state index in [-0.39, 0.29) is 12.1 Å². The molecular weight excluding hydrogens is 398 g/mol. The van der Waals surface area contributed by atoms with Gasteiger partial charge in [-0.15, -0.1) is 0 Å². The van der Waals surface area contributed by atoms with Gasteiger partial charge in [-0.25, -0.2) is 8.42 Å². The Kier molecular flexibility index (Phi) is 5.46. The number of ether oxygens (including phenoxy) is 1. The number of aromatic nitrogens is 1. The standard InChI is InChI=1S/C20H24ClN3O3S/c1-14-9-20(15(2)8-17(14)21)28(25,26)24-12-18-19(13-24)27-7-6-23(18)11-16-4-3-5-22-10-16/h3-5,8-10,18-19H,6-7,11-13H2,1-2H3/t18-,19-/m0/s1. The maximum atomic E-state index is 13.3. The Morgan fingerprint density at radius 1 is 1.25 bits per heavy atom. The van der Waals surface area contributed by atoms with Crippen molar-refractivity contribution in [2.75, 3.05) is 26.2 Å². The number of aryl methyl sites for hydroxylation is 2. The highest BCUT2D eigenvalue weighted by atomic mass is 35.5. The minimum Gasteiger partial charge on any atom is -0.374 e. The molecule has 150 valence electrons. The lowest BCUT2D eigenvalue weighted by atomic mass is 10.1. The van der Waals surface area contributed by atoms with E-state index >= 15 is 0 Å². The number of halogens is 1. The van der Waals surface area contributed by atoms with Gasteiger partial charge in [-0.1, -0.05) is 17.7 Å². The Balaban J connectivity index is 1.57. The Labute approximate surface area is 171 Å². The van der Waals surface area contributed by atoms with Crippen LogP contribution in [0.25, 0.3) is 0 Å². The van der Waals surface area contributed by atoms with Crippen molar-refractivity contribution in [2.45, 2.75) is 37.4 Å². The first-order valence-corrected chi connectivity index (χ1v) is 11.2. The average molecular weight is 422 g/mol. The third-order valence-electron chi connectivity index (χ3n) is 5.57. The van der Waals surface area contributed by atoms with Gasteiger partial charge in [0.15, 0.2) is 0 Å². The molecule has 0 spiro atoms. The van der Waals surface area contributed by atoms with Crippen LogP contribution in [0, 0.1) is 13.8 Å². The number of pyridine rings is 1. The molecule has 3 heterocycles. The van der Waals surface area contributed by atoms with Gasteiger partial charge in [-0.2, -0.15) is 4.31 Å². The Morgan fingerprint density at radius 2 is 2.07 bits per heavy atom. The summed E-state index contributed by atoms with van der Waals surface area (Å²) >= 11 is 6.15. The van der Waals surface area contributed by atoms with E-state index in [0.29, 0.717) is 35.2 Å². The summed E-state index contributed by atoms with van der Waals surface area (Å²) in [7, 11) is -3.61. The molecule has 2 saturated heterocycles. The van der Waals surface area contributed by atoms with Crippen molar-refractivity contribution in [3.63, 3.8) is 0 Å². The molecule has 0 aliphatic carbocycles. The maximum Gasteiger partial charge on any atom is 0.243 e. The molecule has 0 unspecified atom stereocenters. The molecule has 0 amide bonds. The van der Waals surface area contributed by atoms with Gasteiger partial charge in [0, 0.05) is 43.6 Å². The number of hydrogen-bond donors (Lipinski definition) is 0. The monoisotopic (exact) mass is 421 g/mol. The van der Waals surface area contributed by atoms with Crippen LogP contribution in [-0.2, 0) is 21.3 Å². The van der Waals surface area contributed by atoms with E-state index in [1.165, 1.54) is 0 Å². The van der Waals surface area contributed by atoms with Gasteiger partial charge in [0.05, 0.1) is 23.6 Å². The van der Waals surface area contributed by atoms with Crippen LogP contribution in [0.5, 0.6) is 0 Å². The minimum atomic E-state index is -3.61. The second-order valence-corrected chi connectivity index (χ2v) is 9.81. The van der Waals surface area contributed by atoms with Crippen LogP contribution in [0.15, 0.2) is 41.6 Å². The zero-order valence-electron chi connectivity index (χ0n) is 16.0. The van der Waals surface area contributed by atoms with Crippen molar-refractivity contribution in [3.05, 3.63) is 58.4 Å². The summed E-state index contributed by atoms with van der Waals surface area (Å²) in [6.45, 7) is 6.53. The van der Waals surface area contributed by atoms with Gasteiger partial charge in [0.1, 0.15) is 0 Å². The lowest BCUT2D eigenvalue weighted by molar-refractivity contribution is -0.0502. The van der Waals surface area contributed by atoms with Gasteiger partial charge in [0.2, 0.25) is 10.0 Å². The number of benzene rings is 1. The van der Waals surface area contributed by atoms with Crippen LogP contribution in [0.1, 0.15) is 16.7 Å². The van der Waals surface area contributed by atoms with E-state index in [1.807, 2.05) is 25.3 Å². The highest BCUT2D eigenvalue weighted by Crippen LogP contribution is 2.31. The normalized spacial score (nSPS) is 23.7. The molecule has 2 fully saturated rings. The molecule has 8 heteroatoms. The van der Waals surface area contributed by atoms with Gasteiger partial charge >= 0.3 is 0 Å². The average Bonchev–Trinajstić information content (AvgIpc) is 3.12. The number of fused-ring (bicyclic) bond motifs is 1. The quantitative estimate of drug-likeness (QED) is 0.759. The van der Waals surface area contributed by atoms with E-state index in [4.69, 9.17) is 16.3 Å². The molecule has 4 rings (SSSR count). The van der Waals surface area contributed by atoms with Gasteiger partial charge < -0.3 is 4.74 Å². The van der Waals surface area contributed by atoms with Crippen LogP contribution < -0.4 is 0 Å². The first-order valence-electron chi connectivity index (χ1n) is 9.37. The molecule has 2 aliphatic heterocycles. The van der Waals surface area contributed by atoms with Crippen molar-refractivity contribution < 1.29 is 13.2 Å². The second-order valence-electron chi connectivity index (χ2n) is 7.50. The topological polar surface area (TPSA) is 62.7 Å². The fourth-order valence-corrected chi connectivity index (χ4v) is 5.99. The van der Waals surface area contributed by atoms with Crippen molar-refractivity contribution in [2.24, 2.45) is 0 Å². The first kappa shape index (κ1) is 19.8. The predicted molar refractivity (Wildman–Crippen MR) is 108 cm³/mol. The summed E-state index contributed by atoms with van der Waals surface area (Å²) < 4.78 is 34.1. The Bertz CT molecular complexity index is 968. The molecule has 1 aromatic heterocycles. The molecule has 28 heavy (non-hydrogen) atoms. The van der Waals surface area contributed by atoms with Crippen molar-refractivity contribution in [1.29, 1.82) is 0 Å². The molecule has 0 radical (unpaired) electrons. The Morgan fingerprint density at radius 3 is 2.82 bits per heavy atom. The van der Waals surface area contributed by atoms with Gasteiger partial charge in [-0.05, 0) is 48.7 Å². The molecule has 2 atom stereocenters. The van der Waals surface area contributed by atoms with Gasteiger partial charge in [0.25, 0.3) is 0 Å². The van der Waals surface area contributed by atoms with E-state index in [0.717, 1.165) is 24.2 Å². The van der Waals surface area contributed by atoms with Crippen LogP contribution in [0.3, 0.4) is 0 Å². The molecule has 0 N–H and O–H groups in total. The number of hydrogen-bond acceptors (Lipinski definition) is 5. The zero-order valence-corrected chi connectivity index (χ0v) is 17.6. The summed E-state index contributed by atoms with van der Waals surface area (Å²) in [5, 5.41) is 0.581. The van der Waals surface area contributed by atoms with Crippen molar-refractivity contribution in [1.82, 2.24) is 14.2 Å². The third kappa shape index (κ3) is 3.69. The van der Waals surface area contributed by atoms with E-state index in [2.05, 4.69) is 9.88 Å². The maximum absolute atomic E-state index is 13.3. The molecule has 1 aromatic carbocycles. The van der Waals surface area contributed by atoms with Crippen LogP contribution in [0.4, 0.5) is 0 Å². The van der Waals surface area contributed by atoms with E-state index in [1.54, 1.807) is 29.6 Å². The zero-order chi connectivity index (χ0) is 19.9. The fraction of sp³-hybridized carbons (Fsp3) is 0.450. The number of nitrogens with zero attached hydrogens (tertiary/aromatic N) is 3. The molecule has 2 aliphatic rings. The largest absolute Gasteiger partial charge is 0.374 e. The molecule has 0 bridgehead atoms. The smallest absolute Gasteiger partial charge is 0.243 e. The highest BCUT2D eigenvalue weighted by molar-refractivity contribution is 7.89. The second kappa shape index (κ2) is 7.72.